The highest BCUT2D eigenvalue weighted by atomic mass is 16.5. The van der Waals surface area contributed by atoms with Crippen molar-refractivity contribution in [1.29, 1.82) is 0 Å². The van der Waals surface area contributed by atoms with Crippen LogP contribution in [0.3, 0.4) is 0 Å². The van der Waals surface area contributed by atoms with Gasteiger partial charge in [-0.05, 0) is 79.8 Å². The van der Waals surface area contributed by atoms with Crippen LogP contribution in [0.4, 0.5) is 34.5 Å². The quantitative estimate of drug-likeness (QED) is 0.102. The molecule has 0 saturated carbocycles. The summed E-state index contributed by atoms with van der Waals surface area (Å²) >= 11 is 0. The number of anilines is 6. The first kappa shape index (κ1) is 39.5. The number of benzene rings is 4. The molecule has 0 aliphatic carbocycles. The van der Waals surface area contributed by atoms with E-state index in [1.165, 1.54) is 10.6 Å². The van der Waals surface area contributed by atoms with Gasteiger partial charge in [-0.25, -0.2) is 19.4 Å². The third-order valence-electron chi connectivity index (χ3n) is 11.1. The van der Waals surface area contributed by atoms with Gasteiger partial charge in [-0.1, -0.05) is 31.2 Å². The van der Waals surface area contributed by atoms with Gasteiger partial charge in [-0.3, -0.25) is 9.59 Å². The molecule has 2 aliphatic heterocycles. The number of nitrogens with one attached hydrogen (secondary N) is 3. The average molecular weight is 811 g/mol. The second-order valence-electron chi connectivity index (χ2n) is 14.8. The summed E-state index contributed by atoms with van der Waals surface area (Å²) < 4.78 is 7.43. The summed E-state index contributed by atoms with van der Waals surface area (Å²) in [6.45, 7) is 5.97. The molecule has 0 spiro atoms. The fourth-order valence-electron chi connectivity index (χ4n) is 7.77. The number of fused-ring (bicyclic) bond motifs is 2. The summed E-state index contributed by atoms with van der Waals surface area (Å²) in [6.07, 6.45) is 3.54. The van der Waals surface area contributed by atoms with Crippen molar-refractivity contribution < 1.29 is 24.5 Å². The van der Waals surface area contributed by atoms with Gasteiger partial charge in [0.1, 0.15) is 22.9 Å². The summed E-state index contributed by atoms with van der Waals surface area (Å²) in [5, 5.41) is 33.7. The van der Waals surface area contributed by atoms with E-state index in [0.717, 1.165) is 16.9 Å². The molecule has 308 valence electrons. The zero-order valence-corrected chi connectivity index (χ0v) is 33.8. The van der Waals surface area contributed by atoms with Crippen LogP contribution < -0.4 is 35.8 Å². The van der Waals surface area contributed by atoms with E-state index in [1.807, 2.05) is 74.3 Å². The Balaban J connectivity index is 0.889. The van der Waals surface area contributed by atoms with Crippen LogP contribution in [0.5, 0.6) is 17.2 Å². The molecule has 2 aromatic heterocycles. The summed E-state index contributed by atoms with van der Waals surface area (Å²) in [7, 11) is 3.60. The lowest BCUT2D eigenvalue weighted by molar-refractivity contribution is -0.125. The van der Waals surface area contributed by atoms with E-state index < -0.39 is 5.69 Å². The number of aromatic hydroxyl groups is 2. The second-order valence-corrected chi connectivity index (χ2v) is 14.8. The molecule has 0 atom stereocenters. The van der Waals surface area contributed by atoms with Crippen molar-refractivity contribution in [3.8, 4) is 34.3 Å². The van der Waals surface area contributed by atoms with Crippen molar-refractivity contribution in [2.45, 2.75) is 39.7 Å². The number of carbonyl (C=O) groups excluding carboxylic acids is 2. The molecular weight excluding hydrogens is 765 g/mol. The Kier molecular flexibility index (Phi) is 10.8. The fraction of sp³-hybridized carbons (Fsp3) is 0.273. The minimum atomic E-state index is -0.478. The molecule has 6 aromatic rings. The molecule has 0 unspecified atom stereocenters. The van der Waals surface area contributed by atoms with Crippen LogP contribution in [-0.2, 0) is 17.8 Å². The molecule has 16 heteroatoms. The average Bonchev–Trinajstić information content (AvgIpc) is 3.63. The number of aromatic amines is 1. The van der Waals surface area contributed by atoms with Gasteiger partial charge in [0.2, 0.25) is 11.9 Å². The third-order valence-corrected chi connectivity index (χ3v) is 11.1. The molecule has 16 nitrogen and oxygen atoms in total. The molecule has 1 saturated heterocycles. The van der Waals surface area contributed by atoms with E-state index in [2.05, 4.69) is 30.7 Å². The highest BCUT2D eigenvalue weighted by molar-refractivity contribution is 6.13. The summed E-state index contributed by atoms with van der Waals surface area (Å²) in [5.74, 6) is 1.29. The third kappa shape index (κ3) is 7.54. The highest BCUT2D eigenvalue weighted by Crippen LogP contribution is 2.40. The van der Waals surface area contributed by atoms with E-state index in [0.29, 0.717) is 96.8 Å². The predicted octanol–water partition coefficient (Wildman–Crippen LogP) is 6.02. The summed E-state index contributed by atoms with van der Waals surface area (Å²) in [5.41, 5.74) is 5.45. The number of ether oxygens (including phenoxy) is 1. The molecule has 1 fully saturated rings. The lowest BCUT2D eigenvalue weighted by atomic mass is 9.95. The molecule has 4 aromatic carbocycles. The Morgan fingerprint density at radius 3 is 2.38 bits per heavy atom. The number of piperidine rings is 1. The van der Waals surface area contributed by atoms with Crippen molar-refractivity contribution in [2.75, 3.05) is 53.8 Å². The smallest absolute Gasteiger partial charge is 0.348 e. The normalized spacial score (nSPS) is 14.1. The Labute approximate surface area is 346 Å². The summed E-state index contributed by atoms with van der Waals surface area (Å²) in [6, 6.07) is 23.5. The van der Waals surface area contributed by atoms with Gasteiger partial charge in [-0.15, -0.1) is 0 Å². The Bertz CT molecular complexity index is 2630. The maximum Gasteiger partial charge on any atom is 0.348 e. The number of hydrogen-bond donors (Lipinski definition) is 5. The number of aromatic nitrogens is 5. The van der Waals surface area contributed by atoms with Crippen molar-refractivity contribution in [2.24, 2.45) is 5.92 Å². The first-order valence-electron chi connectivity index (χ1n) is 19.9. The number of carbonyl (C=O) groups is 2. The SMILES string of the molecule is CCOc1cc(N2CCC(C(=O)NCc3ccc(-n4c(-c5cc(CC)c(O)cc5O)n[nH]c4=O)cc3)CC2)ccc1Nc1ncc2c(n1)N(C)c1ccccc1C(=O)N2C. The zero-order valence-electron chi connectivity index (χ0n) is 33.8. The summed E-state index contributed by atoms with van der Waals surface area (Å²) in [4.78, 5) is 54.4. The van der Waals surface area contributed by atoms with E-state index in [-0.39, 0.29) is 35.1 Å². The van der Waals surface area contributed by atoms with Crippen LogP contribution in [0.1, 0.15) is 48.2 Å². The van der Waals surface area contributed by atoms with Gasteiger partial charge in [0, 0.05) is 57.5 Å². The number of rotatable bonds is 11. The van der Waals surface area contributed by atoms with Crippen molar-refractivity contribution in [3.63, 3.8) is 0 Å². The van der Waals surface area contributed by atoms with E-state index in [4.69, 9.17) is 9.72 Å². The van der Waals surface area contributed by atoms with Gasteiger partial charge in [0.15, 0.2) is 11.6 Å². The number of H-pyrrole nitrogens is 1. The largest absolute Gasteiger partial charge is 0.508 e. The molecular formula is C44H46N10O6. The zero-order chi connectivity index (χ0) is 42.1. The number of phenols is 2. The first-order valence-corrected chi connectivity index (χ1v) is 19.9. The predicted molar refractivity (Wildman–Crippen MR) is 229 cm³/mol. The Morgan fingerprint density at radius 1 is 0.883 bits per heavy atom. The van der Waals surface area contributed by atoms with Crippen LogP contribution in [-0.4, -0.2) is 80.6 Å². The molecule has 2 aliphatic rings. The fourth-order valence-corrected chi connectivity index (χ4v) is 7.77. The number of amides is 2. The van der Waals surface area contributed by atoms with Gasteiger partial charge in [0.05, 0.1) is 41.0 Å². The van der Waals surface area contributed by atoms with Gasteiger partial charge in [0.25, 0.3) is 5.91 Å². The number of nitrogens with zero attached hydrogens (tertiary/aromatic N) is 7. The van der Waals surface area contributed by atoms with Crippen molar-refractivity contribution in [3.05, 3.63) is 112 Å². The van der Waals surface area contributed by atoms with Crippen LogP contribution in [0.15, 0.2) is 89.9 Å². The van der Waals surface area contributed by atoms with Gasteiger partial charge in [-0.2, -0.15) is 10.1 Å². The number of hydrogen-bond acceptors (Lipinski definition) is 12. The lowest BCUT2D eigenvalue weighted by Gasteiger charge is -2.33. The first-order chi connectivity index (χ1) is 29.0. The highest BCUT2D eigenvalue weighted by Gasteiger charge is 2.30. The maximum atomic E-state index is 13.3. The van der Waals surface area contributed by atoms with Crippen molar-refractivity contribution in [1.82, 2.24) is 30.0 Å². The number of aryl methyl sites for hydroxylation is 1. The Morgan fingerprint density at radius 2 is 1.63 bits per heavy atom. The minimum Gasteiger partial charge on any atom is -0.508 e. The molecule has 0 radical (unpaired) electrons. The minimum absolute atomic E-state index is 0.0124. The monoisotopic (exact) mass is 810 g/mol. The molecule has 5 N–H and O–H groups in total. The molecule has 2 amide bonds. The molecule has 8 rings (SSSR count). The van der Waals surface area contributed by atoms with Crippen molar-refractivity contribution >= 4 is 46.3 Å². The van der Waals surface area contributed by atoms with Crippen LogP contribution in [0, 0.1) is 5.92 Å². The standard InChI is InChI=1S/C44H46N10O6/c1-5-27-21-32(37(56)23-36(27)55)39-49-50-44(59)54(39)29-13-11-26(12-14-29)24-45-41(57)28-17-19-53(20-18-28)30-15-16-33(38(22-30)60-6-2)47-43-46-25-35-40(48-43)51(3)34-10-8-7-9-31(34)42(58)52(35)4/h7-16,21-23,25,28,55-56H,5-6,17-20,24H2,1-4H3,(H,45,57)(H,50,59)(H,46,47,48). The lowest BCUT2D eigenvalue weighted by Crippen LogP contribution is -2.40. The van der Waals surface area contributed by atoms with Crippen LogP contribution >= 0.6 is 0 Å². The molecule has 4 heterocycles. The van der Waals surface area contributed by atoms with Gasteiger partial charge >= 0.3 is 5.69 Å². The van der Waals surface area contributed by atoms with E-state index in [1.54, 1.807) is 42.4 Å². The number of para-hydroxylation sites is 1. The second kappa shape index (κ2) is 16.5. The topological polar surface area (TPSA) is 194 Å². The van der Waals surface area contributed by atoms with E-state index in [9.17, 15) is 24.6 Å². The van der Waals surface area contributed by atoms with Crippen LogP contribution in [0.2, 0.25) is 0 Å². The Hall–Kier alpha value is -7.36. The number of phenolic OH excluding ortho intramolecular Hbond substituents is 2. The van der Waals surface area contributed by atoms with E-state index >= 15 is 0 Å². The van der Waals surface area contributed by atoms with Crippen LogP contribution in [0.25, 0.3) is 17.1 Å². The molecule has 0 bridgehead atoms. The molecule has 60 heavy (non-hydrogen) atoms. The van der Waals surface area contributed by atoms with Gasteiger partial charge < -0.3 is 40.3 Å². The maximum absolute atomic E-state index is 13.3.